The Balaban J connectivity index is -0.0000000267. The van der Waals surface area contributed by atoms with Gasteiger partial charge in [0.15, 0.2) is 0 Å². The van der Waals surface area contributed by atoms with Gasteiger partial charge in [-0.3, -0.25) is 9.11 Å². The molecule has 0 rings (SSSR count). The summed E-state index contributed by atoms with van der Waals surface area (Å²) < 4.78 is 31.6. The van der Waals surface area contributed by atoms with Crippen molar-refractivity contribution in [3.8, 4) is 0 Å². The third-order valence-electron chi connectivity index (χ3n) is 0. The minimum Gasteiger partial charge on any atom is -1.00 e. The third kappa shape index (κ3) is 690. The Hall–Kier alpha value is 0.427. The summed E-state index contributed by atoms with van der Waals surface area (Å²) in [5.41, 5.74) is 0. The van der Waals surface area contributed by atoms with Crippen LogP contribution in [0.2, 0.25) is 0 Å². The van der Waals surface area contributed by atoms with Crippen LogP contribution in [0.3, 0.4) is 0 Å². The maximum absolute atomic E-state index is 8.74. The van der Waals surface area contributed by atoms with Crippen molar-refractivity contribution in [1.82, 2.24) is 6.15 Å². The molecule has 0 spiro atoms. The zero-order valence-corrected chi connectivity index (χ0v) is 4.64. The van der Waals surface area contributed by atoms with Gasteiger partial charge in [0.2, 0.25) is 0 Å². The van der Waals surface area contributed by atoms with Crippen LogP contribution in [-0.4, -0.2) is 17.5 Å². The fourth-order valence-electron chi connectivity index (χ4n) is 0. The SMILES string of the molecule is N.O=S(=O)(O)O.[H-].[Li+]. The minimum absolute atomic E-state index is 0. The Morgan fingerprint density at radius 2 is 1.29 bits per heavy atom. The first-order chi connectivity index (χ1) is 2.00. The Bertz CT molecular complexity index is 99.2. The molecule has 0 unspecified atom stereocenters. The molecular formula is H6LiNO4S. The molecule has 0 aromatic carbocycles. The van der Waals surface area contributed by atoms with Crippen LogP contribution in [-0.2, 0) is 10.4 Å². The molecule has 0 aliphatic heterocycles. The molecule has 0 aromatic rings. The average Bonchev–Trinajstić information content (AvgIpc) is 0.722. The van der Waals surface area contributed by atoms with Crippen molar-refractivity contribution in [3.63, 3.8) is 0 Å². The molecule has 0 heterocycles. The van der Waals surface area contributed by atoms with Gasteiger partial charge in [0.25, 0.3) is 0 Å². The van der Waals surface area contributed by atoms with E-state index in [1.807, 2.05) is 0 Å². The van der Waals surface area contributed by atoms with Gasteiger partial charge < -0.3 is 7.58 Å². The van der Waals surface area contributed by atoms with Crippen LogP contribution in [0.25, 0.3) is 0 Å². The molecule has 7 heavy (non-hydrogen) atoms. The largest absolute Gasteiger partial charge is 1.00 e. The summed E-state index contributed by atoms with van der Waals surface area (Å²) in [6.07, 6.45) is 0. The van der Waals surface area contributed by atoms with Crippen molar-refractivity contribution in [2.45, 2.75) is 0 Å². The monoisotopic (exact) mass is 123 g/mol. The summed E-state index contributed by atoms with van der Waals surface area (Å²) in [5, 5.41) is 0. The van der Waals surface area contributed by atoms with Gasteiger partial charge in [-0.1, -0.05) is 0 Å². The van der Waals surface area contributed by atoms with Gasteiger partial charge in [-0.25, -0.2) is 0 Å². The molecule has 0 amide bonds. The van der Waals surface area contributed by atoms with Gasteiger partial charge in [-0.2, -0.15) is 8.42 Å². The second kappa shape index (κ2) is 4.58. The van der Waals surface area contributed by atoms with Gasteiger partial charge in [-0.15, -0.1) is 0 Å². The maximum atomic E-state index is 8.74. The summed E-state index contributed by atoms with van der Waals surface area (Å²) in [7, 11) is -4.67. The Morgan fingerprint density at radius 3 is 1.29 bits per heavy atom. The average molecular weight is 123 g/mol. The first-order valence-corrected chi connectivity index (χ1v) is 2.10. The van der Waals surface area contributed by atoms with E-state index in [2.05, 4.69) is 0 Å². The molecule has 0 saturated carbocycles. The fourth-order valence-corrected chi connectivity index (χ4v) is 0. The van der Waals surface area contributed by atoms with Crippen LogP contribution in [0.5, 0.6) is 0 Å². The maximum Gasteiger partial charge on any atom is 1.00 e. The van der Waals surface area contributed by atoms with Crippen LogP contribution in [0, 0.1) is 0 Å². The first kappa shape index (κ1) is 15.7. The zero-order valence-electron chi connectivity index (χ0n) is 4.83. The molecule has 0 bridgehead atoms. The van der Waals surface area contributed by atoms with Crippen LogP contribution in [0.1, 0.15) is 1.43 Å². The molecular weight excluding hydrogens is 117 g/mol. The number of rotatable bonds is 0. The van der Waals surface area contributed by atoms with Crippen LogP contribution in [0.15, 0.2) is 0 Å². The summed E-state index contributed by atoms with van der Waals surface area (Å²) in [6.45, 7) is 0. The predicted octanol–water partition coefficient (Wildman–Crippen LogP) is -3.37. The van der Waals surface area contributed by atoms with E-state index in [-0.39, 0.29) is 26.4 Å². The third-order valence-corrected chi connectivity index (χ3v) is 0. The number of hydrogen-bond acceptors (Lipinski definition) is 3. The number of hydrogen-bond donors (Lipinski definition) is 3. The van der Waals surface area contributed by atoms with E-state index in [1.165, 1.54) is 0 Å². The zero-order chi connectivity index (χ0) is 4.50. The van der Waals surface area contributed by atoms with Crippen molar-refractivity contribution in [2.75, 3.05) is 0 Å². The molecule has 0 fully saturated rings. The summed E-state index contributed by atoms with van der Waals surface area (Å²) in [5.74, 6) is 0. The van der Waals surface area contributed by atoms with Crippen molar-refractivity contribution in [1.29, 1.82) is 0 Å². The molecule has 0 saturated heterocycles. The summed E-state index contributed by atoms with van der Waals surface area (Å²) in [4.78, 5) is 0. The molecule has 0 atom stereocenters. The molecule has 0 aliphatic carbocycles. The summed E-state index contributed by atoms with van der Waals surface area (Å²) >= 11 is 0. The van der Waals surface area contributed by atoms with Crippen molar-refractivity contribution in [3.05, 3.63) is 0 Å². The van der Waals surface area contributed by atoms with Crippen molar-refractivity contribution in [2.24, 2.45) is 0 Å². The Morgan fingerprint density at radius 1 is 1.29 bits per heavy atom. The molecule has 42 valence electrons. The van der Waals surface area contributed by atoms with Gasteiger partial charge in [0.1, 0.15) is 0 Å². The van der Waals surface area contributed by atoms with Gasteiger partial charge in [0.05, 0.1) is 0 Å². The normalized spacial score (nSPS) is 8.29. The van der Waals surface area contributed by atoms with Crippen molar-refractivity contribution < 1.29 is 37.8 Å². The van der Waals surface area contributed by atoms with Crippen molar-refractivity contribution >= 4 is 10.4 Å². The van der Waals surface area contributed by atoms with E-state index in [0.717, 1.165) is 0 Å². The predicted molar refractivity (Wildman–Crippen MR) is 20.3 cm³/mol. The van der Waals surface area contributed by atoms with Gasteiger partial charge >= 0.3 is 29.3 Å². The van der Waals surface area contributed by atoms with E-state index in [4.69, 9.17) is 17.5 Å². The topological polar surface area (TPSA) is 110 Å². The Kier molecular flexibility index (Phi) is 10.2. The van der Waals surface area contributed by atoms with E-state index in [9.17, 15) is 0 Å². The summed E-state index contributed by atoms with van der Waals surface area (Å²) in [6, 6.07) is 0. The Labute approximate surface area is 54.9 Å². The second-order valence-corrected chi connectivity index (χ2v) is 1.34. The van der Waals surface area contributed by atoms with Crippen LogP contribution >= 0.6 is 0 Å². The van der Waals surface area contributed by atoms with Gasteiger partial charge in [-0.05, 0) is 0 Å². The van der Waals surface area contributed by atoms with E-state index in [0.29, 0.717) is 0 Å². The molecule has 5 nitrogen and oxygen atoms in total. The molecule has 5 N–H and O–H groups in total. The second-order valence-electron chi connectivity index (χ2n) is 0.448. The molecule has 0 aromatic heterocycles. The minimum atomic E-state index is -4.67. The van der Waals surface area contributed by atoms with Crippen LogP contribution in [0.4, 0.5) is 0 Å². The molecule has 0 radical (unpaired) electrons. The molecule has 7 heteroatoms. The smallest absolute Gasteiger partial charge is 1.00 e. The van der Waals surface area contributed by atoms with E-state index >= 15 is 0 Å². The standard InChI is InChI=1S/Li.H3N.H2O4S.H/c;;1-5(2,3)4;/h;1H3;(H2,1,2,3,4);/q+1;;;-1. The quantitative estimate of drug-likeness (QED) is 0.230. The van der Waals surface area contributed by atoms with Crippen LogP contribution < -0.4 is 25.0 Å². The van der Waals surface area contributed by atoms with E-state index < -0.39 is 10.4 Å². The fraction of sp³-hybridized carbons (Fsp3) is 0. The van der Waals surface area contributed by atoms with E-state index in [1.54, 1.807) is 0 Å². The van der Waals surface area contributed by atoms with Gasteiger partial charge in [0, 0.05) is 0 Å². The molecule has 0 aliphatic rings. The first-order valence-electron chi connectivity index (χ1n) is 0.698.